The molecule has 1 saturated heterocycles. The fourth-order valence-electron chi connectivity index (χ4n) is 3.76. The second-order valence-corrected chi connectivity index (χ2v) is 7.99. The number of aliphatic carboxylic acids is 1. The Labute approximate surface area is 198 Å². The first kappa shape index (κ1) is 25.8. The van der Waals surface area contributed by atoms with Gasteiger partial charge in [0, 0.05) is 51.9 Å². The molecule has 3 aromatic rings. The van der Waals surface area contributed by atoms with E-state index in [1.54, 1.807) is 6.92 Å². The van der Waals surface area contributed by atoms with E-state index in [2.05, 4.69) is 44.5 Å². The number of nitrogens with one attached hydrogen (secondary N) is 3. The summed E-state index contributed by atoms with van der Waals surface area (Å²) in [7, 11) is 0. The van der Waals surface area contributed by atoms with Crippen LogP contribution in [0.15, 0.2) is 47.3 Å². The highest BCUT2D eigenvalue weighted by Gasteiger charge is 2.38. The first-order valence-electron chi connectivity index (χ1n) is 10.8. The molecule has 4 N–H and O–H groups in total. The highest BCUT2D eigenvalue weighted by atomic mass is 19.4. The van der Waals surface area contributed by atoms with Crippen LogP contribution in [0, 0.1) is 0 Å². The number of imidazole rings is 1. The Morgan fingerprint density at radius 3 is 2.26 bits per heavy atom. The number of aromatic nitrogens is 2. The smallest absolute Gasteiger partial charge is 0.475 e. The van der Waals surface area contributed by atoms with Crippen molar-refractivity contribution in [3.8, 4) is 0 Å². The molecule has 1 aliphatic rings. The number of amides is 1. The highest BCUT2D eigenvalue weighted by molar-refractivity contribution is 5.75. The number of benzene rings is 2. The Kier molecular flexibility index (Phi) is 8.18. The molecule has 1 aromatic heterocycles. The molecule has 0 spiro atoms. The van der Waals surface area contributed by atoms with E-state index in [1.165, 1.54) is 11.3 Å². The number of H-pyrrole nitrogens is 2. The summed E-state index contributed by atoms with van der Waals surface area (Å²) < 4.78 is 31.7. The third-order valence-corrected chi connectivity index (χ3v) is 5.52. The largest absolute Gasteiger partial charge is 0.490 e. The summed E-state index contributed by atoms with van der Waals surface area (Å²) in [6.07, 6.45) is -5.08. The van der Waals surface area contributed by atoms with Crippen LogP contribution in [0.1, 0.15) is 18.1 Å². The predicted octanol–water partition coefficient (Wildman–Crippen LogP) is 2.45. The molecule has 0 bridgehead atoms. The molecule has 0 saturated carbocycles. The number of anilines is 1. The molecule has 12 heteroatoms. The first-order valence-corrected chi connectivity index (χ1v) is 10.8. The normalized spacial score (nSPS) is 13.9. The van der Waals surface area contributed by atoms with Crippen LogP contribution in [-0.4, -0.2) is 64.2 Å². The van der Waals surface area contributed by atoms with Crippen LogP contribution in [0.2, 0.25) is 0 Å². The number of rotatable bonds is 5. The van der Waals surface area contributed by atoms with E-state index in [0.717, 1.165) is 55.9 Å². The minimum absolute atomic E-state index is 0.148. The van der Waals surface area contributed by atoms with Crippen molar-refractivity contribution in [3.63, 3.8) is 0 Å². The van der Waals surface area contributed by atoms with Gasteiger partial charge in [0.15, 0.2) is 0 Å². The minimum atomic E-state index is -5.08. The molecule has 4 rings (SSSR count). The number of carbonyl (C=O) groups excluding carboxylic acids is 1. The van der Waals surface area contributed by atoms with Crippen LogP contribution in [0.5, 0.6) is 0 Å². The number of nitrogens with zero attached hydrogens (tertiary/aromatic N) is 2. The van der Waals surface area contributed by atoms with Crippen LogP contribution >= 0.6 is 0 Å². The van der Waals surface area contributed by atoms with Gasteiger partial charge in [-0.15, -0.1) is 0 Å². The second kappa shape index (κ2) is 11.1. The quantitative estimate of drug-likeness (QED) is 0.433. The van der Waals surface area contributed by atoms with Crippen LogP contribution in [0.25, 0.3) is 11.0 Å². The maximum atomic E-state index is 11.5. The number of alkyl halides is 3. The lowest BCUT2D eigenvalue weighted by molar-refractivity contribution is -0.192. The molecule has 188 valence electrons. The topological polar surface area (TPSA) is 122 Å². The monoisotopic (exact) mass is 493 g/mol. The standard InChI is InChI=1S/C21H25N5O2.C2HF3O2/c1-15(27)25-8-10-26(11-9-25)20-5-3-2-4-17(20)14-22-13-16-6-7-18-19(12-16)24-21(28)23-18;3-2(4,5)1(6)7/h2-7,12,22H,8-11,13-14H2,1H3,(H2,23,24,28);(H,6,7). The lowest BCUT2D eigenvalue weighted by atomic mass is 10.1. The maximum absolute atomic E-state index is 11.5. The molecule has 1 fully saturated rings. The summed E-state index contributed by atoms with van der Waals surface area (Å²) in [5, 5.41) is 10.6. The van der Waals surface area contributed by atoms with Crippen molar-refractivity contribution in [2.24, 2.45) is 0 Å². The van der Waals surface area contributed by atoms with Crippen molar-refractivity contribution in [3.05, 3.63) is 64.1 Å². The number of hydrogen-bond acceptors (Lipinski definition) is 5. The van der Waals surface area contributed by atoms with Gasteiger partial charge in [-0.25, -0.2) is 9.59 Å². The van der Waals surface area contributed by atoms with E-state index in [4.69, 9.17) is 9.90 Å². The van der Waals surface area contributed by atoms with Gasteiger partial charge in [0.25, 0.3) is 0 Å². The zero-order valence-corrected chi connectivity index (χ0v) is 19.0. The Bertz CT molecular complexity index is 1230. The zero-order chi connectivity index (χ0) is 25.6. The predicted molar refractivity (Wildman–Crippen MR) is 124 cm³/mol. The summed E-state index contributed by atoms with van der Waals surface area (Å²) in [5.74, 6) is -2.61. The number of aromatic amines is 2. The van der Waals surface area contributed by atoms with Crippen LogP contribution in [0.3, 0.4) is 0 Å². The van der Waals surface area contributed by atoms with Crippen molar-refractivity contribution in [1.29, 1.82) is 0 Å². The third-order valence-electron chi connectivity index (χ3n) is 5.52. The van der Waals surface area contributed by atoms with Gasteiger partial charge >= 0.3 is 17.8 Å². The second-order valence-electron chi connectivity index (χ2n) is 7.99. The number of carboxylic acid groups (broad SMARTS) is 1. The van der Waals surface area contributed by atoms with E-state index >= 15 is 0 Å². The number of carbonyl (C=O) groups is 2. The molecule has 2 heterocycles. The molecule has 0 aliphatic carbocycles. The van der Waals surface area contributed by atoms with Gasteiger partial charge < -0.3 is 30.2 Å². The summed E-state index contributed by atoms with van der Waals surface area (Å²) in [6, 6.07) is 14.4. The fraction of sp³-hybridized carbons (Fsp3) is 0.348. The number of fused-ring (bicyclic) bond motifs is 1. The fourth-order valence-corrected chi connectivity index (χ4v) is 3.76. The van der Waals surface area contributed by atoms with E-state index in [9.17, 15) is 22.8 Å². The van der Waals surface area contributed by atoms with E-state index in [1.807, 2.05) is 23.1 Å². The van der Waals surface area contributed by atoms with E-state index < -0.39 is 12.1 Å². The SMILES string of the molecule is CC(=O)N1CCN(c2ccccc2CNCc2ccc3[nH]c(=O)[nH]c3c2)CC1.O=C(O)C(F)(F)F. The van der Waals surface area contributed by atoms with Gasteiger partial charge in [-0.1, -0.05) is 24.3 Å². The number of hydrogen-bond donors (Lipinski definition) is 4. The Hall–Kier alpha value is -3.80. The molecule has 1 aliphatic heterocycles. The van der Waals surface area contributed by atoms with Gasteiger partial charge in [0.2, 0.25) is 5.91 Å². The summed E-state index contributed by atoms with van der Waals surface area (Å²) in [4.78, 5) is 41.6. The van der Waals surface area contributed by atoms with E-state index in [-0.39, 0.29) is 11.6 Å². The minimum Gasteiger partial charge on any atom is -0.475 e. The van der Waals surface area contributed by atoms with Crippen molar-refractivity contribution in [2.45, 2.75) is 26.2 Å². The van der Waals surface area contributed by atoms with Crippen molar-refractivity contribution in [1.82, 2.24) is 20.2 Å². The zero-order valence-electron chi connectivity index (χ0n) is 19.0. The lowest BCUT2D eigenvalue weighted by Gasteiger charge is -2.36. The Morgan fingerprint density at radius 1 is 1.00 bits per heavy atom. The number of piperazine rings is 1. The van der Waals surface area contributed by atoms with Gasteiger partial charge in [-0.3, -0.25) is 4.79 Å². The molecule has 1 amide bonds. The molecular formula is C23H26F3N5O4. The Morgan fingerprint density at radius 2 is 1.63 bits per heavy atom. The molecule has 9 nitrogen and oxygen atoms in total. The van der Waals surface area contributed by atoms with E-state index in [0.29, 0.717) is 0 Å². The number of carboxylic acids is 1. The molecule has 0 atom stereocenters. The molecule has 35 heavy (non-hydrogen) atoms. The van der Waals surface area contributed by atoms with Gasteiger partial charge in [-0.05, 0) is 29.3 Å². The molecule has 0 unspecified atom stereocenters. The highest BCUT2D eigenvalue weighted by Crippen LogP contribution is 2.22. The average Bonchev–Trinajstić information content (AvgIpc) is 3.18. The Balaban J connectivity index is 0.000000429. The van der Waals surface area contributed by atoms with Crippen molar-refractivity contribution >= 4 is 28.6 Å². The third kappa shape index (κ3) is 7.09. The van der Waals surface area contributed by atoms with Crippen LogP contribution < -0.4 is 15.9 Å². The summed E-state index contributed by atoms with van der Waals surface area (Å²) >= 11 is 0. The first-order chi connectivity index (χ1) is 16.5. The summed E-state index contributed by atoms with van der Waals surface area (Å²) in [6.45, 7) is 6.36. The van der Waals surface area contributed by atoms with Gasteiger partial charge in [0.1, 0.15) is 0 Å². The molecular weight excluding hydrogens is 467 g/mol. The maximum Gasteiger partial charge on any atom is 0.490 e. The lowest BCUT2D eigenvalue weighted by Crippen LogP contribution is -2.48. The molecule has 0 radical (unpaired) electrons. The van der Waals surface area contributed by atoms with Gasteiger partial charge in [-0.2, -0.15) is 13.2 Å². The van der Waals surface area contributed by atoms with Gasteiger partial charge in [0.05, 0.1) is 11.0 Å². The summed E-state index contributed by atoms with van der Waals surface area (Å²) in [5.41, 5.74) is 5.06. The van der Waals surface area contributed by atoms with Crippen molar-refractivity contribution in [2.75, 3.05) is 31.1 Å². The van der Waals surface area contributed by atoms with Crippen LogP contribution in [-0.2, 0) is 22.7 Å². The van der Waals surface area contributed by atoms with Crippen molar-refractivity contribution < 1.29 is 27.9 Å². The molecule has 2 aromatic carbocycles. The average molecular weight is 493 g/mol. The number of para-hydroxylation sites is 1. The number of halogens is 3. The van der Waals surface area contributed by atoms with Crippen LogP contribution in [0.4, 0.5) is 18.9 Å².